The van der Waals surface area contributed by atoms with Gasteiger partial charge in [0.05, 0.1) is 27.5 Å². The lowest BCUT2D eigenvalue weighted by Gasteiger charge is -2.31. The second-order valence-electron chi connectivity index (χ2n) is 6.22. The van der Waals surface area contributed by atoms with Crippen LogP contribution in [0.1, 0.15) is 12.8 Å². The molecule has 0 spiro atoms. The van der Waals surface area contributed by atoms with Crippen LogP contribution in [0.2, 0.25) is 5.02 Å². The van der Waals surface area contributed by atoms with E-state index in [1.54, 1.807) is 30.7 Å². The molecular formula is C19H16ClN3O3S. The minimum absolute atomic E-state index is 0.0913. The summed E-state index contributed by atoms with van der Waals surface area (Å²) in [7, 11) is -3.71. The number of aromatic nitrogens is 2. The maximum atomic E-state index is 13.0. The summed E-state index contributed by atoms with van der Waals surface area (Å²) in [4.78, 5) is 18.7. The van der Waals surface area contributed by atoms with Gasteiger partial charge < -0.3 is 4.57 Å². The van der Waals surface area contributed by atoms with Gasteiger partial charge in [-0.15, -0.1) is 0 Å². The van der Waals surface area contributed by atoms with E-state index in [0.29, 0.717) is 29.4 Å². The average Bonchev–Trinajstić information content (AvgIpc) is 3.15. The van der Waals surface area contributed by atoms with E-state index in [-0.39, 0.29) is 22.1 Å². The Kier molecular flexibility index (Phi) is 4.49. The number of nitrogens with zero attached hydrogens (tertiary/aromatic N) is 3. The van der Waals surface area contributed by atoms with Crippen LogP contribution in [-0.4, -0.2) is 23.9 Å². The molecule has 0 fully saturated rings. The number of fused-ring (bicyclic) bond motifs is 2. The number of anilines is 2. The van der Waals surface area contributed by atoms with Gasteiger partial charge in [0.25, 0.3) is 0 Å². The number of carbonyl (C=O) groups excluding carboxylic acids is 1. The Balaban J connectivity index is 1.72. The minimum atomic E-state index is -3.71. The normalized spacial score (nSPS) is 14.5. The highest BCUT2D eigenvalue weighted by molar-refractivity contribution is 7.92. The number of amides is 1. The zero-order valence-corrected chi connectivity index (χ0v) is 15.8. The van der Waals surface area contributed by atoms with Gasteiger partial charge in [-0.25, -0.2) is 13.4 Å². The lowest BCUT2D eigenvalue weighted by molar-refractivity contribution is -0.118. The molecule has 0 saturated heterocycles. The average molecular weight is 402 g/mol. The van der Waals surface area contributed by atoms with E-state index < -0.39 is 9.84 Å². The molecule has 0 radical (unpaired) electrons. The number of rotatable bonds is 4. The van der Waals surface area contributed by atoms with E-state index in [4.69, 9.17) is 11.6 Å². The third kappa shape index (κ3) is 3.13. The van der Waals surface area contributed by atoms with Gasteiger partial charge in [0.2, 0.25) is 15.7 Å². The van der Waals surface area contributed by atoms with Gasteiger partial charge in [-0.3, -0.25) is 9.69 Å². The second-order valence-corrected chi connectivity index (χ2v) is 8.54. The molecule has 1 aromatic heterocycles. The summed E-state index contributed by atoms with van der Waals surface area (Å²) in [5.41, 5.74) is 0.661. The van der Waals surface area contributed by atoms with Crippen LogP contribution in [-0.2, 0) is 21.2 Å². The van der Waals surface area contributed by atoms with Crippen molar-refractivity contribution >= 4 is 38.7 Å². The largest absolute Gasteiger partial charge is 0.337 e. The van der Waals surface area contributed by atoms with Crippen molar-refractivity contribution in [2.75, 3.05) is 4.90 Å². The highest BCUT2D eigenvalue weighted by atomic mass is 35.5. The molecule has 8 heteroatoms. The zero-order valence-electron chi connectivity index (χ0n) is 14.2. The zero-order chi connectivity index (χ0) is 19.0. The number of para-hydroxylation sites is 1. The quantitative estimate of drug-likeness (QED) is 0.666. The van der Waals surface area contributed by atoms with Crippen LogP contribution in [0.4, 0.5) is 11.4 Å². The first kappa shape index (κ1) is 17.8. The van der Waals surface area contributed by atoms with Crippen LogP contribution in [0.25, 0.3) is 0 Å². The first-order chi connectivity index (χ1) is 13.0. The molecular weight excluding hydrogens is 386 g/mol. The standard InChI is InChI=1S/C19H16ClN3O3S/c20-14-7-8-18-16(12-14)23(15-4-1-2-5-17(15)27(18,25)26)19(24)6-3-10-22-11-9-21-13-22/h1-2,4-5,7-9,11-13H,3,6,10H2. The van der Waals surface area contributed by atoms with Crippen molar-refractivity contribution in [3.05, 3.63) is 66.2 Å². The fourth-order valence-electron chi connectivity index (χ4n) is 3.22. The van der Waals surface area contributed by atoms with Gasteiger partial charge in [-0.1, -0.05) is 23.7 Å². The number of imidazole rings is 1. The molecule has 6 nitrogen and oxygen atoms in total. The third-order valence-corrected chi connectivity index (χ3v) is 6.55. The highest BCUT2D eigenvalue weighted by Gasteiger charge is 2.36. The molecule has 0 saturated carbocycles. The van der Waals surface area contributed by atoms with E-state index in [1.807, 2.05) is 10.8 Å². The number of carbonyl (C=O) groups is 1. The molecule has 1 aliphatic heterocycles. The monoisotopic (exact) mass is 401 g/mol. The van der Waals surface area contributed by atoms with Crippen LogP contribution < -0.4 is 4.90 Å². The lowest BCUT2D eigenvalue weighted by Crippen LogP contribution is -2.31. The summed E-state index contributed by atoms with van der Waals surface area (Å²) >= 11 is 6.10. The van der Waals surface area contributed by atoms with Crippen molar-refractivity contribution in [1.29, 1.82) is 0 Å². The first-order valence-electron chi connectivity index (χ1n) is 8.41. The summed E-state index contributed by atoms with van der Waals surface area (Å²) in [6.07, 6.45) is 6.09. The molecule has 138 valence electrons. The Labute approximate surface area is 161 Å². The van der Waals surface area contributed by atoms with E-state index in [2.05, 4.69) is 4.98 Å². The molecule has 0 N–H and O–H groups in total. The molecule has 0 aliphatic carbocycles. The van der Waals surface area contributed by atoms with Crippen LogP contribution in [0, 0.1) is 0 Å². The van der Waals surface area contributed by atoms with Crippen LogP contribution in [0.5, 0.6) is 0 Å². The summed E-state index contributed by atoms with van der Waals surface area (Å²) in [5.74, 6) is -0.180. The van der Waals surface area contributed by atoms with Crippen LogP contribution in [0.3, 0.4) is 0 Å². The van der Waals surface area contributed by atoms with Crippen molar-refractivity contribution in [2.45, 2.75) is 29.2 Å². The van der Waals surface area contributed by atoms with Crippen molar-refractivity contribution < 1.29 is 13.2 Å². The number of sulfone groups is 1. The van der Waals surface area contributed by atoms with Crippen molar-refractivity contribution in [1.82, 2.24) is 9.55 Å². The minimum Gasteiger partial charge on any atom is -0.337 e. The fourth-order valence-corrected chi connectivity index (χ4v) is 4.99. The van der Waals surface area contributed by atoms with E-state index >= 15 is 0 Å². The lowest BCUT2D eigenvalue weighted by atomic mass is 10.2. The smallest absolute Gasteiger partial charge is 0.231 e. The number of aryl methyl sites for hydroxylation is 1. The highest BCUT2D eigenvalue weighted by Crippen LogP contribution is 2.45. The molecule has 2 heterocycles. The van der Waals surface area contributed by atoms with Gasteiger partial charge in [-0.05, 0) is 36.8 Å². The Hall–Kier alpha value is -2.64. The van der Waals surface area contributed by atoms with Crippen LogP contribution in [0.15, 0.2) is 71.0 Å². The van der Waals surface area contributed by atoms with E-state index in [9.17, 15) is 13.2 Å². The number of halogens is 1. The molecule has 0 atom stereocenters. The number of hydrogen-bond donors (Lipinski definition) is 0. The van der Waals surface area contributed by atoms with Gasteiger partial charge >= 0.3 is 0 Å². The SMILES string of the molecule is O=C(CCCn1ccnc1)N1c2ccccc2S(=O)(=O)c2ccc(Cl)cc21. The van der Waals surface area contributed by atoms with Crippen LogP contribution >= 0.6 is 11.6 Å². The molecule has 2 aromatic carbocycles. The summed E-state index contributed by atoms with van der Waals surface area (Å²) in [5, 5.41) is 0.375. The molecule has 0 bridgehead atoms. The van der Waals surface area contributed by atoms with Gasteiger partial charge in [0, 0.05) is 30.4 Å². The first-order valence-corrected chi connectivity index (χ1v) is 10.3. The third-order valence-electron chi connectivity index (χ3n) is 4.46. The second kappa shape index (κ2) is 6.83. The van der Waals surface area contributed by atoms with E-state index in [0.717, 1.165) is 0 Å². The topological polar surface area (TPSA) is 72.3 Å². The predicted octanol–water partition coefficient (Wildman–Crippen LogP) is 3.83. The Morgan fingerprint density at radius 3 is 2.63 bits per heavy atom. The maximum absolute atomic E-state index is 13.0. The van der Waals surface area contributed by atoms with Gasteiger partial charge in [0.15, 0.2) is 0 Å². The number of benzene rings is 2. The summed E-state index contributed by atoms with van der Waals surface area (Å²) in [6.45, 7) is 0.655. The predicted molar refractivity (Wildman–Crippen MR) is 102 cm³/mol. The molecule has 4 rings (SSSR count). The van der Waals surface area contributed by atoms with E-state index in [1.165, 1.54) is 29.2 Å². The molecule has 1 amide bonds. The molecule has 0 unspecified atom stereocenters. The fraction of sp³-hybridized carbons (Fsp3) is 0.158. The Bertz CT molecular complexity index is 1110. The molecule has 27 heavy (non-hydrogen) atoms. The Morgan fingerprint density at radius 2 is 1.85 bits per heavy atom. The maximum Gasteiger partial charge on any atom is 0.231 e. The molecule has 1 aliphatic rings. The van der Waals surface area contributed by atoms with Gasteiger partial charge in [-0.2, -0.15) is 0 Å². The number of hydrogen-bond acceptors (Lipinski definition) is 4. The summed E-state index contributed by atoms with van der Waals surface area (Å²) in [6, 6.07) is 11.0. The molecule has 3 aromatic rings. The van der Waals surface area contributed by atoms with Gasteiger partial charge in [0.1, 0.15) is 0 Å². The summed E-state index contributed by atoms with van der Waals surface area (Å²) < 4.78 is 27.8. The van der Waals surface area contributed by atoms with Crippen molar-refractivity contribution in [3.8, 4) is 0 Å². The van der Waals surface area contributed by atoms with Crippen molar-refractivity contribution in [2.24, 2.45) is 0 Å². The Morgan fingerprint density at radius 1 is 1.07 bits per heavy atom. The van der Waals surface area contributed by atoms with Crippen molar-refractivity contribution in [3.63, 3.8) is 0 Å².